The molecule has 1 aromatic carbocycles. The summed E-state index contributed by atoms with van der Waals surface area (Å²) in [6.45, 7) is 1.50. The van der Waals surface area contributed by atoms with Gasteiger partial charge in [0.1, 0.15) is 11.6 Å². The van der Waals surface area contributed by atoms with E-state index in [1.54, 1.807) is 20.4 Å². The Hall–Kier alpha value is -2.34. The van der Waals surface area contributed by atoms with Gasteiger partial charge in [0.2, 0.25) is 5.95 Å². The molecule has 2 rings (SSSR count). The minimum Gasteiger partial charge on any atom is -0.497 e. The van der Waals surface area contributed by atoms with Crippen molar-refractivity contribution in [3.05, 3.63) is 36.5 Å². The zero-order chi connectivity index (χ0) is 14.9. The average Bonchev–Trinajstić information content (AvgIpc) is 2.53. The lowest BCUT2D eigenvalue weighted by atomic mass is 10.3. The first-order chi connectivity index (χ1) is 10.3. The summed E-state index contributed by atoms with van der Waals surface area (Å²) < 4.78 is 10.1. The molecule has 0 fully saturated rings. The van der Waals surface area contributed by atoms with Gasteiger partial charge in [0.05, 0.1) is 7.11 Å². The fourth-order valence-electron chi connectivity index (χ4n) is 1.75. The number of hydrogen-bond donors (Lipinski definition) is 2. The second kappa shape index (κ2) is 8.06. The number of methoxy groups -OCH3 is 2. The van der Waals surface area contributed by atoms with Gasteiger partial charge in [-0.1, -0.05) is 0 Å². The maximum Gasteiger partial charge on any atom is 0.224 e. The molecule has 0 radical (unpaired) electrons. The Morgan fingerprint density at radius 3 is 2.62 bits per heavy atom. The zero-order valence-corrected chi connectivity index (χ0v) is 12.3. The van der Waals surface area contributed by atoms with Gasteiger partial charge in [-0.25, -0.2) is 4.98 Å². The van der Waals surface area contributed by atoms with Gasteiger partial charge in [0.15, 0.2) is 0 Å². The molecule has 0 saturated heterocycles. The van der Waals surface area contributed by atoms with Crippen molar-refractivity contribution in [3.8, 4) is 5.75 Å². The number of ether oxygens (including phenoxy) is 2. The van der Waals surface area contributed by atoms with Crippen LogP contribution in [0.4, 0.5) is 17.5 Å². The van der Waals surface area contributed by atoms with E-state index in [4.69, 9.17) is 9.47 Å². The molecule has 2 aromatic rings. The van der Waals surface area contributed by atoms with E-state index in [0.29, 0.717) is 5.95 Å². The molecule has 0 amide bonds. The first-order valence-electron chi connectivity index (χ1n) is 6.79. The van der Waals surface area contributed by atoms with Crippen molar-refractivity contribution in [1.82, 2.24) is 9.97 Å². The van der Waals surface area contributed by atoms with Gasteiger partial charge in [0.25, 0.3) is 0 Å². The van der Waals surface area contributed by atoms with Crippen LogP contribution in [-0.2, 0) is 4.74 Å². The second-order valence-corrected chi connectivity index (χ2v) is 4.39. The molecule has 0 aliphatic carbocycles. The minimum atomic E-state index is 0.601. The number of rotatable bonds is 8. The molecule has 0 atom stereocenters. The molecular formula is C15H20N4O2. The van der Waals surface area contributed by atoms with Crippen molar-refractivity contribution in [2.45, 2.75) is 6.42 Å². The van der Waals surface area contributed by atoms with Crippen LogP contribution in [0, 0.1) is 0 Å². The predicted molar refractivity (Wildman–Crippen MR) is 83.3 cm³/mol. The summed E-state index contributed by atoms with van der Waals surface area (Å²) in [6, 6.07) is 9.49. The molecule has 6 nitrogen and oxygen atoms in total. The summed E-state index contributed by atoms with van der Waals surface area (Å²) in [5, 5.41) is 6.39. The SMILES string of the molecule is COCCCNc1nccc(Nc2ccc(OC)cc2)n1. The Bertz CT molecular complexity index is 546. The maximum atomic E-state index is 5.13. The molecule has 0 spiro atoms. The molecule has 0 unspecified atom stereocenters. The fourth-order valence-corrected chi connectivity index (χ4v) is 1.75. The molecule has 112 valence electrons. The van der Waals surface area contributed by atoms with Crippen molar-refractivity contribution in [2.75, 3.05) is 38.0 Å². The Morgan fingerprint density at radius 2 is 1.90 bits per heavy atom. The zero-order valence-electron chi connectivity index (χ0n) is 12.3. The van der Waals surface area contributed by atoms with Crippen molar-refractivity contribution in [1.29, 1.82) is 0 Å². The largest absolute Gasteiger partial charge is 0.497 e. The minimum absolute atomic E-state index is 0.601. The lowest BCUT2D eigenvalue weighted by Crippen LogP contribution is -2.08. The van der Waals surface area contributed by atoms with E-state index >= 15 is 0 Å². The van der Waals surface area contributed by atoms with Gasteiger partial charge in [0, 0.05) is 32.1 Å². The number of nitrogens with zero attached hydrogens (tertiary/aromatic N) is 2. The van der Waals surface area contributed by atoms with Gasteiger partial charge in [-0.2, -0.15) is 4.98 Å². The molecule has 6 heteroatoms. The van der Waals surface area contributed by atoms with E-state index in [9.17, 15) is 0 Å². The molecule has 0 aliphatic rings. The summed E-state index contributed by atoms with van der Waals surface area (Å²) in [5.41, 5.74) is 0.944. The van der Waals surface area contributed by atoms with Crippen molar-refractivity contribution in [3.63, 3.8) is 0 Å². The van der Waals surface area contributed by atoms with Crippen LogP contribution in [0.25, 0.3) is 0 Å². The highest BCUT2D eigenvalue weighted by molar-refractivity contribution is 5.57. The number of benzene rings is 1. The van der Waals surface area contributed by atoms with Crippen LogP contribution >= 0.6 is 0 Å². The van der Waals surface area contributed by atoms with Crippen LogP contribution in [0.15, 0.2) is 36.5 Å². The fraction of sp³-hybridized carbons (Fsp3) is 0.333. The quantitative estimate of drug-likeness (QED) is 0.728. The van der Waals surface area contributed by atoms with Crippen molar-refractivity contribution >= 4 is 17.5 Å². The molecule has 0 saturated carbocycles. The molecule has 1 heterocycles. The summed E-state index contributed by atoms with van der Waals surface area (Å²) in [4.78, 5) is 8.59. The van der Waals surface area contributed by atoms with E-state index in [1.807, 2.05) is 30.3 Å². The van der Waals surface area contributed by atoms with Crippen LogP contribution in [0.5, 0.6) is 5.75 Å². The average molecular weight is 288 g/mol. The first kappa shape index (κ1) is 15.1. The van der Waals surface area contributed by atoms with Gasteiger partial charge in [-0.3, -0.25) is 0 Å². The van der Waals surface area contributed by atoms with Crippen LogP contribution in [0.3, 0.4) is 0 Å². The van der Waals surface area contributed by atoms with Crippen LogP contribution < -0.4 is 15.4 Å². The van der Waals surface area contributed by atoms with Crippen molar-refractivity contribution < 1.29 is 9.47 Å². The highest BCUT2D eigenvalue weighted by Crippen LogP contribution is 2.18. The summed E-state index contributed by atoms with van der Waals surface area (Å²) in [6.07, 6.45) is 2.63. The normalized spacial score (nSPS) is 10.2. The van der Waals surface area contributed by atoms with Gasteiger partial charge in [-0.05, 0) is 36.8 Å². The van der Waals surface area contributed by atoms with Crippen molar-refractivity contribution in [2.24, 2.45) is 0 Å². The highest BCUT2D eigenvalue weighted by atomic mass is 16.5. The number of aromatic nitrogens is 2. The topological polar surface area (TPSA) is 68.3 Å². The Labute approximate surface area is 124 Å². The highest BCUT2D eigenvalue weighted by Gasteiger charge is 2.00. The maximum absolute atomic E-state index is 5.13. The smallest absolute Gasteiger partial charge is 0.224 e. The monoisotopic (exact) mass is 288 g/mol. The predicted octanol–water partition coefficient (Wildman–Crippen LogP) is 2.68. The Kier molecular flexibility index (Phi) is 5.78. The Morgan fingerprint density at radius 1 is 1.10 bits per heavy atom. The van der Waals surface area contributed by atoms with E-state index in [1.165, 1.54) is 0 Å². The third kappa shape index (κ3) is 4.92. The number of nitrogens with one attached hydrogen (secondary N) is 2. The third-order valence-electron chi connectivity index (χ3n) is 2.83. The number of hydrogen-bond acceptors (Lipinski definition) is 6. The second-order valence-electron chi connectivity index (χ2n) is 4.39. The van der Waals surface area contributed by atoms with Gasteiger partial charge < -0.3 is 20.1 Å². The molecule has 0 bridgehead atoms. The van der Waals surface area contributed by atoms with E-state index in [2.05, 4.69) is 20.6 Å². The Balaban J connectivity index is 1.93. The summed E-state index contributed by atoms with van der Waals surface area (Å²) in [7, 11) is 3.34. The number of anilines is 3. The van der Waals surface area contributed by atoms with Crippen LogP contribution in [0.1, 0.15) is 6.42 Å². The molecule has 0 aliphatic heterocycles. The molecular weight excluding hydrogens is 268 g/mol. The van der Waals surface area contributed by atoms with Crippen LogP contribution in [0.2, 0.25) is 0 Å². The molecule has 21 heavy (non-hydrogen) atoms. The standard InChI is InChI=1S/C15H20N4O2/c1-20-11-3-9-16-15-17-10-8-14(19-15)18-12-4-6-13(21-2)7-5-12/h4-8,10H,3,9,11H2,1-2H3,(H2,16,17,18,19). The molecule has 1 aromatic heterocycles. The first-order valence-corrected chi connectivity index (χ1v) is 6.79. The summed E-state index contributed by atoms with van der Waals surface area (Å²) in [5.74, 6) is 2.16. The van der Waals surface area contributed by atoms with E-state index in [0.717, 1.165) is 36.8 Å². The third-order valence-corrected chi connectivity index (χ3v) is 2.83. The van der Waals surface area contributed by atoms with E-state index in [-0.39, 0.29) is 0 Å². The molecule has 2 N–H and O–H groups in total. The van der Waals surface area contributed by atoms with Gasteiger partial charge >= 0.3 is 0 Å². The lowest BCUT2D eigenvalue weighted by Gasteiger charge is -2.08. The van der Waals surface area contributed by atoms with Crippen LogP contribution in [-0.4, -0.2) is 37.3 Å². The van der Waals surface area contributed by atoms with Gasteiger partial charge in [-0.15, -0.1) is 0 Å². The summed E-state index contributed by atoms with van der Waals surface area (Å²) >= 11 is 0. The lowest BCUT2D eigenvalue weighted by molar-refractivity contribution is 0.197. The van der Waals surface area contributed by atoms with E-state index < -0.39 is 0 Å².